The number of aromatic amines is 1. The molecule has 2 aromatic rings. The lowest BCUT2D eigenvalue weighted by Crippen LogP contribution is -2.13. The van der Waals surface area contributed by atoms with Gasteiger partial charge < -0.3 is 4.98 Å². The maximum absolute atomic E-state index is 8.89. The molecule has 0 unspecified atom stereocenters. The molecule has 1 aromatic heterocycles. The van der Waals surface area contributed by atoms with Crippen molar-refractivity contribution in [3.05, 3.63) is 96.4 Å². The molecule has 0 spiro atoms. The molecule has 1 aliphatic rings. The van der Waals surface area contributed by atoms with E-state index in [0.717, 1.165) is 39.8 Å². The molecule has 172 valence electrons. The van der Waals surface area contributed by atoms with Crippen LogP contribution in [0.2, 0.25) is 0 Å². The summed E-state index contributed by atoms with van der Waals surface area (Å²) in [5.74, 6) is 2.49. The number of fused-ring (bicyclic) bond motifs is 1. The molecule has 0 radical (unpaired) electrons. The van der Waals surface area contributed by atoms with Crippen molar-refractivity contribution in [3.63, 3.8) is 0 Å². The summed E-state index contributed by atoms with van der Waals surface area (Å²) < 4.78 is 0. The Morgan fingerprint density at radius 2 is 1.91 bits per heavy atom. The predicted molar refractivity (Wildman–Crippen MR) is 143 cm³/mol. The number of nitriles is 1. The van der Waals surface area contributed by atoms with Gasteiger partial charge in [0.2, 0.25) is 0 Å². The minimum atomic E-state index is 0.627. The van der Waals surface area contributed by atoms with Crippen LogP contribution in [0.3, 0.4) is 0 Å². The normalized spacial score (nSPS) is 19.4. The molecule has 1 fully saturated rings. The number of imidazole rings is 1. The van der Waals surface area contributed by atoms with Crippen LogP contribution >= 0.6 is 0 Å². The van der Waals surface area contributed by atoms with Gasteiger partial charge in [0.25, 0.3) is 0 Å². The Morgan fingerprint density at radius 1 is 1.18 bits per heavy atom. The summed E-state index contributed by atoms with van der Waals surface area (Å²) in [6, 6.07) is 7.55. The van der Waals surface area contributed by atoms with Crippen LogP contribution in [0, 0.1) is 23.2 Å². The van der Waals surface area contributed by atoms with Crippen molar-refractivity contribution in [1.29, 1.82) is 5.26 Å². The highest BCUT2D eigenvalue weighted by molar-refractivity contribution is 5.82. The number of hydrogen-bond acceptors (Lipinski definition) is 2. The Balaban J connectivity index is 0.000000245. The van der Waals surface area contributed by atoms with Crippen LogP contribution in [0.15, 0.2) is 85.0 Å². The number of allylic oxidation sites excluding steroid dienone is 10. The monoisotopic (exact) mass is 439 g/mol. The average molecular weight is 440 g/mol. The van der Waals surface area contributed by atoms with Gasteiger partial charge in [0.15, 0.2) is 0 Å². The lowest BCUT2D eigenvalue weighted by atomic mass is 9.79. The maximum atomic E-state index is 8.89. The molecular formula is C30H37N3. The van der Waals surface area contributed by atoms with Gasteiger partial charge >= 0.3 is 0 Å². The van der Waals surface area contributed by atoms with Gasteiger partial charge in [-0.15, -0.1) is 0 Å². The summed E-state index contributed by atoms with van der Waals surface area (Å²) in [4.78, 5) is 7.76. The summed E-state index contributed by atoms with van der Waals surface area (Å²) in [5, 5.41) is 8.89. The van der Waals surface area contributed by atoms with Gasteiger partial charge in [-0.1, -0.05) is 81.0 Å². The Morgan fingerprint density at radius 3 is 2.48 bits per heavy atom. The molecule has 1 saturated carbocycles. The molecule has 0 atom stereocenters. The first-order chi connectivity index (χ1) is 15.9. The average Bonchev–Trinajstić information content (AvgIpc) is 3.24. The van der Waals surface area contributed by atoms with E-state index in [0.29, 0.717) is 5.56 Å². The van der Waals surface area contributed by atoms with Crippen LogP contribution in [0.25, 0.3) is 16.6 Å². The quantitative estimate of drug-likeness (QED) is 0.459. The second kappa shape index (κ2) is 13.2. The number of hydrogen-bond donors (Lipinski definition) is 1. The van der Waals surface area contributed by atoms with Gasteiger partial charge in [-0.3, -0.25) is 0 Å². The number of aromatic nitrogens is 2. The summed E-state index contributed by atoms with van der Waals surface area (Å²) in [7, 11) is 0. The third-order valence-electron chi connectivity index (χ3n) is 5.95. The van der Waals surface area contributed by atoms with E-state index in [4.69, 9.17) is 5.26 Å². The van der Waals surface area contributed by atoms with Crippen molar-refractivity contribution in [3.8, 4) is 6.07 Å². The van der Waals surface area contributed by atoms with Gasteiger partial charge in [-0.25, -0.2) is 4.98 Å². The molecule has 3 rings (SSSR count). The van der Waals surface area contributed by atoms with Gasteiger partial charge in [0, 0.05) is 5.57 Å². The molecule has 1 heterocycles. The minimum Gasteiger partial charge on any atom is -0.338 e. The number of H-pyrrole nitrogens is 1. The van der Waals surface area contributed by atoms with Crippen LogP contribution in [0.1, 0.15) is 64.8 Å². The van der Waals surface area contributed by atoms with Crippen molar-refractivity contribution in [2.45, 2.75) is 53.4 Å². The molecule has 1 N–H and O–H groups in total. The van der Waals surface area contributed by atoms with Crippen LogP contribution in [-0.2, 0) is 0 Å². The third-order valence-corrected chi connectivity index (χ3v) is 5.95. The standard InChI is InChI=1S/C16H15N3.C14H22/c1-4-13(7-5-11(2)3)16-18-14-8-6-12(10-17)9-15(14)19-16;1-4-6-7-13(5-2)14-10-8-12(3)9-11-14/h4-9H,2H2,1,3H3,(H,18,19);4-7,12,14H,2,8-11H2,1,3H3/b7-5-,13-4+;6-4-,13-7+. The van der Waals surface area contributed by atoms with Gasteiger partial charge in [0.05, 0.1) is 22.7 Å². The topological polar surface area (TPSA) is 52.5 Å². The highest BCUT2D eigenvalue weighted by Gasteiger charge is 2.19. The van der Waals surface area contributed by atoms with E-state index in [2.05, 4.69) is 61.3 Å². The van der Waals surface area contributed by atoms with Crippen molar-refractivity contribution < 1.29 is 0 Å². The lowest BCUT2D eigenvalue weighted by molar-refractivity contribution is 0.323. The van der Waals surface area contributed by atoms with E-state index in [-0.39, 0.29) is 0 Å². The van der Waals surface area contributed by atoms with E-state index in [1.165, 1.54) is 31.3 Å². The molecule has 3 nitrogen and oxygen atoms in total. The summed E-state index contributed by atoms with van der Waals surface area (Å²) in [6.07, 6.45) is 19.8. The SMILES string of the molecule is C=C(C)/C=C\C(=C/C)c1nc2ccc(C#N)cc2[nH]1.C=C/C(=C\C=C/C)C1CCC(C)CC1. The second-order valence-electron chi connectivity index (χ2n) is 8.71. The number of rotatable bonds is 6. The lowest BCUT2D eigenvalue weighted by Gasteiger charge is -2.26. The number of nitrogens with one attached hydrogen (secondary N) is 1. The predicted octanol–water partition coefficient (Wildman–Crippen LogP) is 8.47. The Labute approximate surface area is 199 Å². The molecule has 33 heavy (non-hydrogen) atoms. The first-order valence-electron chi connectivity index (χ1n) is 11.8. The van der Waals surface area contributed by atoms with Gasteiger partial charge in [-0.2, -0.15) is 5.26 Å². The summed E-state index contributed by atoms with van der Waals surface area (Å²) in [6.45, 7) is 16.1. The fourth-order valence-electron chi connectivity index (χ4n) is 3.93. The van der Waals surface area contributed by atoms with Crippen LogP contribution in [0.4, 0.5) is 0 Å². The van der Waals surface area contributed by atoms with Crippen molar-refractivity contribution in [1.82, 2.24) is 9.97 Å². The number of benzene rings is 1. The smallest absolute Gasteiger partial charge is 0.138 e. The highest BCUT2D eigenvalue weighted by Crippen LogP contribution is 2.33. The molecule has 0 amide bonds. The Kier molecular flexibility index (Phi) is 10.4. The number of nitrogens with zero attached hydrogens (tertiary/aromatic N) is 2. The summed E-state index contributed by atoms with van der Waals surface area (Å²) >= 11 is 0. The second-order valence-corrected chi connectivity index (χ2v) is 8.71. The molecule has 1 aliphatic carbocycles. The van der Waals surface area contributed by atoms with E-state index in [1.807, 2.05) is 50.3 Å². The largest absolute Gasteiger partial charge is 0.338 e. The van der Waals surface area contributed by atoms with E-state index in [9.17, 15) is 0 Å². The minimum absolute atomic E-state index is 0.627. The fourth-order valence-corrected chi connectivity index (χ4v) is 3.93. The van der Waals surface area contributed by atoms with Crippen molar-refractivity contribution in [2.75, 3.05) is 0 Å². The Bertz CT molecular complexity index is 1110. The van der Waals surface area contributed by atoms with E-state index in [1.54, 1.807) is 6.07 Å². The van der Waals surface area contributed by atoms with E-state index >= 15 is 0 Å². The zero-order valence-corrected chi connectivity index (χ0v) is 20.6. The summed E-state index contributed by atoms with van der Waals surface area (Å²) in [5.41, 5.74) is 5.77. The van der Waals surface area contributed by atoms with Crippen molar-refractivity contribution >= 4 is 16.6 Å². The fraction of sp³-hybridized carbons (Fsp3) is 0.333. The molecule has 3 heteroatoms. The molecule has 1 aromatic carbocycles. The first-order valence-corrected chi connectivity index (χ1v) is 11.8. The molecular weight excluding hydrogens is 402 g/mol. The Hall–Kier alpha value is -3.38. The van der Waals surface area contributed by atoms with Crippen molar-refractivity contribution in [2.24, 2.45) is 11.8 Å². The zero-order valence-electron chi connectivity index (χ0n) is 20.6. The first kappa shape index (κ1) is 25.9. The van der Waals surface area contributed by atoms with Crippen LogP contribution in [0.5, 0.6) is 0 Å². The van der Waals surface area contributed by atoms with Gasteiger partial charge in [-0.05, 0) is 69.2 Å². The molecule has 0 saturated heterocycles. The zero-order chi connectivity index (χ0) is 24.2. The highest BCUT2D eigenvalue weighted by atomic mass is 14.9. The van der Waals surface area contributed by atoms with Gasteiger partial charge in [0.1, 0.15) is 5.82 Å². The maximum Gasteiger partial charge on any atom is 0.138 e. The third kappa shape index (κ3) is 7.91. The molecule has 0 aliphatic heterocycles. The molecule has 0 bridgehead atoms. The van der Waals surface area contributed by atoms with Crippen LogP contribution < -0.4 is 0 Å². The van der Waals surface area contributed by atoms with Crippen LogP contribution in [-0.4, -0.2) is 9.97 Å². The van der Waals surface area contributed by atoms with E-state index < -0.39 is 0 Å².